The first-order valence-electron chi connectivity index (χ1n) is 8.90. The highest BCUT2D eigenvalue weighted by Gasteiger charge is 2.25. The predicted molar refractivity (Wildman–Crippen MR) is 106 cm³/mol. The van der Waals surface area contributed by atoms with Crippen LogP contribution < -0.4 is 10.6 Å². The smallest absolute Gasteiger partial charge is 0.277 e. The van der Waals surface area contributed by atoms with Crippen LogP contribution in [0, 0.1) is 0 Å². The molecule has 8 heteroatoms. The number of benzene rings is 2. The van der Waals surface area contributed by atoms with Crippen LogP contribution >= 0.6 is 11.8 Å². The molecule has 0 radical (unpaired) electrons. The van der Waals surface area contributed by atoms with Crippen LogP contribution in [0.5, 0.6) is 0 Å². The lowest BCUT2D eigenvalue weighted by molar-refractivity contribution is -0.113. The van der Waals surface area contributed by atoms with Crippen LogP contribution in [0.25, 0.3) is 11.5 Å². The molecule has 1 saturated carbocycles. The van der Waals surface area contributed by atoms with Gasteiger partial charge in [0.25, 0.3) is 11.1 Å². The van der Waals surface area contributed by atoms with Crippen molar-refractivity contribution in [3.8, 4) is 11.5 Å². The Morgan fingerprint density at radius 2 is 1.79 bits per heavy atom. The van der Waals surface area contributed by atoms with Crippen LogP contribution in [0.1, 0.15) is 23.2 Å². The van der Waals surface area contributed by atoms with Crippen LogP contribution in [-0.2, 0) is 4.79 Å². The van der Waals surface area contributed by atoms with Crippen LogP contribution in [0.15, 0.2) is 64.2 Å². The Labute approximate surface area is 165 Å². The second-order valence-electron chi connectivity index (χ2n) is 6.37. The molecule has 1 aliphatic rings. The van der Waals surface area contributed by atoms with Crippen molar-refractivity contribution in [3.05, 3.63) is 60.2 Å². The number of aromatic nitrogens is 2. The van der Waals surface area contributed by atoms with E-state index in [1.54, 1.807) is 24.3 Å². The summed E-state index contributed by atoms with van der Waals surface area (Å²) in [7, 11) is 0. The number of anilines is 1. The molecule has 2 amide bonds. The Balaban J connectivity index is 1.35. The van der Waals surface area contributed by atoms with Crippen molar-refractivity contribution in [3.63, 3.8) is 0 Å². The average Bonchev–Trinajstić information content (AvgIpc) is 3.40. The highest BCUT2D eigenvalue weighted by Crippen LogP contribution is 2.24. The minimum absolute atomic E-state index is 0.0923. The Morgan fingerprint density at radius 1 is 1.04 bits per heavy atom. The van der Waals surface area contributed by atoms with Crippen molar-refractivity contribution in [2.45, 2.75) is 24.1 Å². The maximum absolute atomic E-state index is 12.3. The second-order valence-corrected chi connectivity index (χ2v) is 7.30. The molecule has 3 aromatic rings. The summed E-state index contributed by atoms with van der Waals surface area (Å²) >= 11 is 1.15. The van der Waals surface area contributed by atoms with Crippen molar-refractivity contribution in [2.75, 3.05) is 11.1 Å². The molecule has 1 fully saturated rings. The molecule has 0 atom stereocenters. The van der Waals surface area contributed by atoms with Crippen molar-refractivity contribution in [1.29, 1.82) is 0 Å². The molecule has 2 N–H and O–H groups in total. The SMILES string of the molecule is O=C(CSc1nnc(-c2ccccc2)o1)Nc1ccccc1C(=O)NC1CC1. The van der Waals surface area contributed by atoms with E-state index in [0.29, 0.717) is 22.4 Å². The van der Waals surface area contributed by atoms with Crippen molar-refractivity contribution in [1.82, 2.24) is 15.5 Å². The largest absolute Gasteiger partial charge is 0.411 e. The quantitative estimate of drug-likeness (QED) is 0.597. The zero-order valence-electron chi connectivity index (χ0n) is 14.9. The molecule has 4 rings (SSSR count). The van der Waals surface area contributed by atoms with Crippen LogP contribution in [-0.4, -0.2) is 33.8 Å². The summed E-state index contributed by atoms with van der Waals surface area (Å²) in [4.78, 5) is 24.6. The van der Waals surface area contributed by atoms with E-state index in [4.69, 9.17) is 4.42 Å². The summed E-state index contributed by atoms with van der Waals surface area (Å²) in [5.41, 5.74) is 1.76. The summed E-state index contributed by atoms with van der Waals surface area (Å²) in [6, 6.07) is 16.6. The molecule has 142 valence electrons. The monoisotopic (exact) mass is 394 g/mol. The van der Waals surface area contributed by atoms with E-state index in [2.05, 4.69) is 20.8 Å². The molecule has 0 unspecified atom stereocenters. The summed E-state index contributed by atoms with van der Waals surface area (Å²) in [5, 5.41) is 14.0. The number of carbonyl (C=O) groups is 2. The molecule has 1 heterocycles. The van der Waals surface area contributed by atoms with Crippen LogP contribution in [0.2, 0.25) is 0 Å². The third-order valence-electron chi connectivity index (χ3n) is 4.11. The summed E-state index contributed by atoms with van der Waals surface area (Å²) < 4.78 is 5.58. The second kappa shape index (κ2) is 8.26. The number of nitrogens with one attached hydrogen (secondary N) is 2. The molecule has 0 spiro atoms. The molecule has 0 saturated heterocycles. The van der Waals surface area contributed by atoms with E-state index >= 15 is 0 Å². The van der Waals surface area contributed by atoms with Gasteiger partial charge in [-0.05, 0) is 37.1 Å². The van der Waals surface area contributed by atoms with E-state index in [0.717, 1.165) is 30.2 Å². The van der Waals surface area contributed by atoms with E-state index in [9.17, 15) is 9.59 Å². The topological polar surface area (TPSA) is 97.1 Å². The molecule has 7 nitrogen and oxygen atoms in total. The van der Waals surface area contributed by atoms with E-state index in [1.165, 1.54) is 0 Å². The Morgan fingerprint density at radius 3 is 2.57 bits per heavy atom. The highest BCUT2D eigenvalue weighted by molar-refractivity contribution is 7.99. The molecule has 0 aliphatic heterocycles. The number of nitrogens with zero attached hydrogens (tertiary/aromatic N) is 2. The maximum atomic E-state index is 12.3. The van der Waals surface area contributed by atoms with Gasteiger partial charge in [0.05, 0.1) is 17.0 Å². The van der Waals surface area contributed by atoms with Gasteiger partial charge in [-0.3, -0.25) is 9.59 Å². The number of amides is 2. The number of para-hydroxylation sites is 1. The normalized spacial score (nSPS) is 13.1. The third kappa shape index (κ3) is 4.58. The number of hydrogen-bond acceptors (Lipinski definition) is 6. The Bertz CT molecular complexity index is 986. The fourth-order valence-electron chi connectivity index (χ4n) is 2.56. The van der Waals surface area contributed by atoms with Gasteiger partial charge in [-0.2, -0.15) is 0 Å². The maximum Gasteiger partial charge on any atom is 0.277 e. The molecule has 2 aromatic carbocycles. The number of hydrogen-bond donors (Lipinski definition) is 2. The molecular weight excluding hydrogens is 376 g/mol. The van der Waals surface area contributed by atoms with E-state index in [1.807, 2.05) is 30.3 Å². The number of rotatable bonds is 7. The van der Waals surface area contributed by atoms with Gasteiger partial charge in [0.15, 0.2) is 0 Å². The minimum atomic E-state index is -0.254. The van der Waals surface area contributed by atoms with Gasteiger partial charge in [0.1, 0.15) is 0 Å². The lowest BCUT2D eigenvalue weighted by Crippen LogP contribution is -2.27. The molecular formula is C20H18N4O3S. The zero-order chi connectivity index (χ0) is 19.3. The molecule has 1 aliphatic carbocycles. The first kappa shape index (κ1) is 18.2. The van der Waals surface area contributed by atoms with E-state index < -0.39 is 0 Å². The lowest BCUT2D eigenvalue weighted by Gasteiger charge is -2.10. The van der Waals surface area contributed by atoms with Crippen molar-refractivity contribution in [2.24, 2.45) is 0 Å². The lowest BCUT2D eigenvalue weighted by atomic mass is 10.1. The minimum Gasteiger partial charge on any atom is -0.411 e. The Hall–Kier alpha value is -3.13. The summed E-state index contributed by atoms with van der Waals surface area (Å²) in [6.45, 7) is 0. The first-order valence-corrected chi connectivity index (χ1v) is 9.89. The standard InChI is InChI=1S/C20H18N4O3S/c25-17(12-28-20-24-23-19(27-20)13-6-2-1-3-7-13)22-16-9-5-4-8-15(16)18(26)21-14-10-11-14/h1-9,14H,10-12H2,(H,21,26)(H,22,25). The van der Waals surface area contributed by atoms with Gasteiger partial charge >= 0.3 is 0 Å². The number of thioether (sulfide) groups is 1. The third-order valence-corrected chi connectivity index (χ3v) is 4.93. The number of carbonyl (C=O) groups excluding carboxylic acids is 2. The Kier molecular flexibility index (Phi) is 5.38. The summed E-state index contributed by atoms with van der Waals surface area (Å²) in [6.07, 6.45) is 2.01. The van der Waals surface area contributed by atoms with E-state index in [-0.39, 0.29) is 23.6 Å². The van der Waals surface area contributed by atoms with Gasteiger partial charge in [-0.15, -0.1) is 10.2 Å². The van der Waals surface area contributed by atoms with Crippen LogP contribution in [0.4, 0.5) is 5.69 Å². The highest BCUT2D eigenvalue weighted by atomic mass is 32.2. The van der Waals surface area contributed by atoms with Gasteiger partial charge in [-0.1, -0.05) is 42.1 Å². The van der Waals surface area contributed by atoms with Crippen molar-refractivity contribution < 1.29 is 14.0 Å². The van der Waals surface area contributed by atoms with Gasteiger partial charge in [-0.25, -0.2) is 0 Å². The predicted octanol–water partition coefficient (Wildman–Crippen LogP) is 3.36. The van der Waals surface area contributed by atoms with Gasteiger partial charge < -0.3 is 15.1 Å². The fraction of sp³-hybridized carbons (Fsp3) is 0.200. The van der Waals surface area contributed by atoms with Crippen LogP contribution in [0.3, 0.4) is 0 Å². The first-order chi connectivity index (χ1) is 13.7. The fourth-order valence-corrected chi connectivity index (χ4v) is 3.12. The average molecular weight is 394 g/mol. The van der Waals surface area contributed by atoms with Gasteiger partial charge in [0, 0.05) is 11.6 Å². The molecule has 1 aromatic heterocycles. The zero-order valence-corrected chi connectivity index (χ0v) is 15.7. The summed E-state index contributed by atoms with van der Waals surface area (Å²) in [5.74, 6) is 0.0758. The van der Waals surface area contributed by atoms with Gasteiger partial charge in [0.2, 0.25) is 11.8 Å². The van der Waals surface area contributed by atoms with Crippen molar-refractivity contribution >= 4 is 29.3 Å². The molecule has 0 bridgehead atoms. The molecule has 28 heavy (non-hydrogen) atoms.